The van der Waals surface area contributed by atoms with E-state index >= 15 is 0 Å². The maximum atomic E-state index is 5.52. The molecule has 0 aliphatic rings. The SMILES string of the molecule is NCCCNCCCCCCCCCCCCCCCCCCCCCCCCCCCCCCCCCCCCNCCCN. The molecule has 46 heavy (non-hydrogen) atoms. The van der Waals surface area contributed by atoms with Crippen LogP contribution in [0.15, 0.2) is 0 Å². The Bertz CT molecular complexity index is 456. The molecule has 278 valence electrons. The van der Waals surface area contributed by atoms with E-state index in [1.165, 1.54) is 231 Å². The van der Waals surface area contributed by atoms with Crippen molar-refractivity contribution in [3.8, 4) is 0 Å². The monoisotopic (exact) mass is 651 g/mol. The van der Waals surface area contributed by atoms with Crippen molar-refractivity contribution in [2.45, 2.75) is 231 Å². The summed E-state index contributed by atoms with van der Waals surface area (Å²) in [5.74, 6) is 0. The zero-order valence-electron chi connectivity index (χ0n) is 31.9. The summed E-state index contributed by atoms with van der Waals surface area (Å²) in [5, 5.41) is 6.97. The molecule has 0 rings (SSSR count). The van der Waals surface area contributed by atoms with Gasteiger partial charge in [-0.25, -0.2) is 0 Å². The summed E-state index contributed by atoms with van der Waals surface area (Å²) in [6.45, 7) is 6.16. The molecule has 4 heteroatoms. The van der Waals surface area contributed by atoms with E-state index < -0.39 is 0 Å². The summed E-state index contributed by atoms with van der Waals surface area (Å²) in [4.78, 5) is 0. The molecule has 0 unspecified atom stereocenters. The fourth-order valence-corrected chi connectivity index (χ4v) is 6.86. The average Bonchev–Trinajstić information content (AvgIpc) is 3.07. The van der Waals surface area contributed by atoms with E-state index in [0.29, 0.717) is 0 Å². The molecule has 0 spiro atoms. The summed E-state index contributed by atoms with van der Waals surface area (Å²) in [6, 6.07) is 0. The van der Waals surface area contributed by atoms with Crippen molar-refractivity contribution in [3.05, 3.63) is 0 Å². The highest BCUT2D eigenvalue weighted by atomic mass is 14.8. The molecule has 0 bridgehead atoms. The molecule has 0 saturated heterocycles. The quantitative estimate of drug-likeness (QED) is 0.0495. The second-order valence-corrected chi connectivity index (χ2v) is 14.8. The third kappa shape index (κ3) is 43.8. The van der Waals surface area contributed by atoms with Gasteiger partial charge in [-0.05, 0) is 65.0 Å². The number of unbranched alkanes of at least 4 members (excludes halogenated alkanes) is 33. The third-order valence-corrected chi connectivity index (χ3v) is 10.1. The smallest absolute Gasteiger partial charge is 0.00369 e. The minimum absolute atomic E-state index is 0.811. The van der Waals surface area contributed by atoms with Crippen LogP contribution in [0, 0.1) is 0 Å². The molecule has 4 nitrogen and oxygen atoms in total. The van der Waals surface area contributed by atoms with Crippen LogP contribution in [0.25, 0.3) is 0 Å². The summed E-state index contributed by atoms with van der Waals surface area (Å²) in [6.07, 6.45) is 51.8. The Morgan fingerprint density at radius 1 is 0.174 bits per heavy atom. The van der Waals surface area contributed by atoms with Gasteiger partial charge in [0.25, 0.3) is 0 Å². The van der Waals surface area contributed by atoms with Crippen LogP contribution in [0.2, 0.25) is 0 Å². The van der Waals surface area contributed by atoms with Crippen molar-refractivity contribution < 1.29 is 0 Å². The number of rotatable bonds is 43. The largest absolute Gasteiger partial charge is 0.330 e. The highest BCUT2D eigenvalue weighted by Crippen LogP contribution is 2.17. The maximum Gasteiger partial charge on any atom is -0.00369 e. The number of hydrogen-bond acceptors (Lipinski definition) is 4. The molecule has 0 aromatic heterocycles. The minimum atomic E-state index is 0.811. The molecule has 0 saturated carbocycles. The second-order valence-electron chi connectivity index (χ2n) is 14.8. The molecule has 0 aliphatic heterocycles. The van der Waals surface area contributed by atoms with E-state index in [-0.39, 0.29) is 0 Å². The number of nitrogens with one attached hydrogen (secondary N) is 2. The van der Waals surface area contributed by atoms with Gasteiger partial charge in [0.1, 0.15) is 0 Å². The first-order valence-corrected chi connectivity index (χ1v) is 21.7. The van der Waals surface area contributed by atoms with Gasteiger partial charge < -0.3 is 22.1 Å². The van der Waals surface area contributed by atoms with Crippen LogP contribution in [0.5, 0.6) is 0 Å². The second kappa shape index (κ2) is 44.8. The number of hydrogen-bond donors (Lipinski definition) is 4. The van der Waals surface area contributed by atoms with Crippen LogP contribution < -0.4 is 22.1 Å². The van der Waals surface area contributed by atoms with Gasteiger partial charge in [-0.3, -0.25) is 0 Å². The Morgan fingerprint density at radius 3 is 0.457 bits per heavy atom. The molecule has 6 N–H and O–H groups in total. The molecule has 0 fully saturated rings. The first kappa shape index (κ1) is 45.8. The van der Waals surface area contributed by atoms with Gasteiger partial charge >= 0.3 is 0 Å². The molecule has 0 aromatic carbocycles. The summed E-state index contributed by atoms with van der Waals surface area (Å²) in [7, 11) is 0. The highest BCUT2D eigenvalue weighted by Gasteiger charge is 1.98. The first-order chi connectivity index (χ1) is 22.9. The first-order valence-electron chi connectivity index (χ1n) is 21.7. The van der Waals surface area contributed by atoms with Crippen LogP contribution in [-0.4, -0.2) is 39.3 Å². The molecule has 0 atom stereocenters. The van der Waals surface area contributed by atoms with Crippen LogP contribution in [0.1, 0.15) is 231 Å². The van der Waals surface area contributed by atoms with Gasteiger partial charge in [0.05, 0.1) is 0 Å². The lowest BCUT2D eigenvalue weighted by Crippen LogP contribution is -2.19. The third-order valence-electron chi connectivity index (χ3n) is 10.1. The fraction of sp³-hybridized carbons (Fsp3) is 1.00. The zero-order valence-corrected chi connectivity index (χ0v) is 31.9. The topological polar surface area (TPSA) is 76.1 Å². The Hall–Kier alpha value is -0.160. The lowest BCUT2D eigenvalue weighted by atomic mass is 10.0. The van der Waals surface area contributed by atoms with Crippen molar-refractivity contribution in [3.63, 3.8) is 0 Å². The van der Waals surface area contributed by atoms with E-state index in [1.807, 2.05) is 0 Å². The van der Waals surface area contributed by atoms with E-state index in [2.05, 4.69) is 10.6 Å². The normalized spacial score (nSPS) is 11.6. The van der Waals surface area contributed by atoms with Crippen LogP contribution >= 0.6 is 0 Å². The molecule has 0 aromatic rings. The summed E-state index contributed by atoms with van der Waals surface area (Å²) in [5.41, 5.74) is 11.0. The lowest BCUT2D eigenvalue weighted by molar-refractivity contribution is 0.509. The van der Waals surface area contributed by atoms with E-state index in [9.17, 15) is 0 Å². The fourth-order valence-electron chi connectivity index (χ4n) is 6.86. The standard InChI is InChI=1S/C42H90N4/c43-37-35-41-45-39-33-31-29-27-25-23-21-19-17-15-13-11-9-7-5-3-1-2-4-6-8-10-12-14-16-18-20-22-24-26-28-30-32-34-40-46-42-36-38-44/h45-46H,1-44H2. The van der Waals surface area contributed by atoms with Crippen molar-refractivity contribution in [1.29, 1.82) is 0 Å². The van der Waals surface area contributed by atoms with Crippen molar-refractivity contribution in [2.75, 3.05) is 39.3 Å². The van der Waals surface area contributed by atoms with Gasteiger partial charge in [0, 0.05) is 0 Å². The molecular formula is C42H90N4. The Morgan fingerprint density at radius 2 is 0.304 bits per heavy atom. The summed E-state index contributed by atoms with van der Waals surface area (Å²) < 4.78 is 0. The predicted octanol–water partition coefficient (Wildman–Crippen LogP) is 12.1. The highest BCUT2D eigenvalue weighted by molar-refractivity contribution is 4.55. The maximum absolute atomic E-state index is 5.52. The van der Waals surface area contributed by atoms with E-state index in [1.54, 1.807) is 0 Å². The Kier molecular flexibility index (Phi) is 44.7. The van der Waals surface area contributed by atoms with Gasteiger partial charge in [-0.1, -0.05) is 205 Å². The van der Waals surface area contributed by atoms with Crippen LogP contribution in [0.3, 0.4) is 0 Å². The van der Waals surface area contributed by atoms with E-state index in [0.717, 1.165) is 39.0 Å². The molecule has 0 aliphatic carbocycles. The molecule has 0 heterocycles. The summed E-state index contributed by atoms with van der Waals surface area (Å²) >= 11 is 0. The van der Waals surface area contributed by atoms with E-state index in [4.69, 9.17) is 11.5 Å². The lowest BCUT2D eigenvalue weighted by Gasteiger charge is -2.05. The van der Waals surface area contributed by atoms with Crippen molar-refractivity contribution in [1.82, 2.24) is 10.6 Å². The number of nitrogens with two attached hydrogens (primary N) is 2. The van der Waals surface area contributed by atoms with Crippen molar-refractivity contribution in [2.24, 2.45) is 11.5 Å². The predicted molar refractivity (Wildman–Crippen MR) is 210 cm³/mol. The zero-order chi connectivity index (χ0) is 33.1. The van der Waals surface area contributed by atoms with Gasteiger partial charge in [0.15, 0.2) is 0 Å². The molecule has 0 radical (unpaired) electrons. The molecule has 0 amide bonds. The van der Waals surface area contributed by atoms with Crippen LogP contribution in [-0.2, 0) is 0 Å². The van der Waals surface area contributed by atoms with Gasteiger partial charge in [0.2, 0.25) is 0 Å². The minimum Gasteiger partial charge on any atom is -0.330 e. The Labute approximate surface area is 291 Å². The van der Waals surface area contributed by atoms with Gasteiger partial charge in [-0.15, -0.1) is 0 Å². The Balaban J connectivity index is 3.03. The van der Waals surface area contributed by atoms with Crippen molar-refractivity contribution >= 4 is 0 Å². The average molecular weight is 651 g/mol. The van der Waals surface area contributed by atoms with Crippen LogP contribution in [0.4, 0.5) is 0 Å². The van der Waals surface area contributed by atoms with Gasteiger partial charge in [-0.2, -0.15) is 0 Å². The molecular weight excluding hydrogens is 560 g/mol.